The van der Waals surface area contributed by atoms with Crippen molar-refractivity contribution in [3.05, 3.63) is 41.5 Å². The first-order chi connectivity index (χ1) is 15.2. The third-order valence-electron chi connectivity index (χ3n) is 5.70. The molecule has 1 atom stereocenters. The zero-order valence-corrected chi connectivity index (χ0v) is 18.0. The summed E-state index contributed by atoms with van der Waals surface area (Å²) < 4.78 is 59.0. The lowest BCUT2D eigenvalue weighted by molar-refractivity contribution is -0.140. The number of hydrogen-bond donors (Lipinski definition) is 1. The van der Waals surface area contributed by atoms with E-state index in [4.69, 9.17) is 4.74 Å². The van der Waals surface area contributed by atoms with Gasteiger partial charge in [0.2, 0.25) is 5.75 Å². The Labute approximate surface area is 184 Å². The first-order valence-electron chi connectivity index (χ1n) is 10.5. The summed E-state index contributed by atoms with van der Waals surface area (Å²) in [4.78, 5) is 14.9. The Morgan fingerprint density at radius 1 is 1.16 bits per heavy atom. The summed E-state index contributed by atoms with van der Waals surface area (Å²) >= 11 is 0. The Balaban J connectivity index is 1.52. The van der Waals surface area contributed by atoms with Crippen molar-refractivity contribution in [2.75, 3.05) is 70.2 Å². The van der Waals surface area contributed by atoms with Gasteiger partial charge in [-0.3, -0.25) is 4.90 Å². The topological polar surface area (TPSA) is 56.8 Å². The van der Waals surface area contributed by atoms with Crippen molar-refractivity contribution in [1.29, 1.82) is 0 Å². The fourth-order valence-electron chi connectivity index (χ4n) is 4.16. The van der Waals surface area contributed by atoms with Gasteiger partial charge in [0.05, 0.1) is 12.1 Å². The van der Waals surface area contributed by atoms with E-state index in [0.717, 1.165) is 18.0 Å². The smallest absolute Gasteiger partial charge is 0.419 e. The van der Waals surface area contributed by atoms with Crippen LogP contribution in [0.4, 0.5) is 29.2 Å². The number of hydrogen-bond acceptors (Lipinski definition) is 7. The number of nitrogens with one attached hydrogen (secondary N) is 1. The van der Waals surface area contributed by atoms with E-state index in [1.54, 1.807) is 0 Å². The Hall–Kier alpha value is -2.66. The van der Waals surface area contributed by atoms with Crippen LogP contribution < -0.4 is 15.0 Å². The molecule has 1 unspecified atom stereocenters. The molecule has 1 saturated heterocycles. The van der Waals surface area contributed by atoms with Crippen molar-refractivity contribution in [2.24, 2.45) is 0 Å². The van der Waals surface area contributed by atoms with Crippen molar-refractivity contribution >= 4 is 11.6 Å². The third kappa shape index (κ3) is 4.73. The first kappa shape index (κ1) is 22.5. The van der Waals surface area contributed by atoms with Crippen LogP contribution in [0.5, 0.6) is 5.75 Å². The van der Waals surface area contributed by atoms with E-state index in [2.05, 4.69) is 25.1 Å². The predicted octanol–water partition coefficient (Wildman–Crippen LogP) is 2.86. The van der Waals surface area contributed by atoms with Crippen LogP contribution in [0.3, 0.4) is 0 Å². The summed E-state index contributed by atoms with van der Waals surface area (Å²) in [6, 6.07) is 3.00. The number of benzene rings is 1. The number of fused-ring (bicyclic) bond motifs is 1. The van der Waals surface area contributed by atoms with Crippen LogP contribution in [-0.2, 0) is 6.18 Å². The molecule has 1 aromatic carbocycles. The number of anilines is 2. The highest BCUT2D eigenvalue weighted by molar-refractivity contribution is 5.65. The highest BCUT2D eigenvalue weighted by Gasteiger charge is 2.35. The normalized spacial score (nSPS) is 18.2. The van der Waals surface area contributed by atoms with Gasteiger partial charge >= 0.3 is 6.18 Å². The summed E-state index contributed by atoms with van der Waals surface area (Å²) in [5, 5.41) is 3.20. The average molecular weight is 454 g/mol. The maximum absolute atomic E-state index is 14.3. The molecule has 0 saturated carbocycles. The van der Waals surface area contributed by atoms with Crippen molar-refractivity contribution in [3.8, 4) is 5.75 Å². The van der Waals surface area contributed by atoms with Gasteiger partial charge in [-0.1, -0.05) is 6.07 Å². The quantitative estimate of drug-likeness (QED) is 0.698. The number of alkyl halides is 3. The van der Waals surface area contributed by atoms with Gasteiger partial charge in [0, 0.05) is 38.8 Å². The molecule has 174 valence electrons. The molecule has 0 bridgehead atoms. The van der Waals surface area contributed by atoms with Gasteiger partial charge in [0.1, 0.15) is 18.8 Å². The summed E-state index contributed by atoms with van der Waals surface area (Å²) in [5.41, 5.74) is -0.707. The molecule has 32 heavy (non-hydrogen) atoms. The van der Waals surface area contributed by atoms with Crippen LogP contribution in [-0.4, -0.2) is 79.7 Å². The number of nitrogens with zero attached hydrogens (tertiary/aromatic N) is 5. The molecule has 2 aliphatic rings. The fraction of sp³-hybridized carbons (Fsp3) is 0.524. The number of likely N-dealkylation sites (N-methyl/N-ethyl adjacent to an activating group) is 1. The van der Waals surface area contributed by atoms with E-state index in [1.165, 1.54) is 12.4 Å². The largest absolute Gasteiger partial charge is 0.485 e. The molecule has 3 heterocycles. The van der Waals surface area contributed by atoms with E-state index in [-0.39, 0.29) is 6.04 Å². The standard InChI is InChI=1S/C21H26F4N6O/c1-29(2)12-17(14-3-4-15(16(22)11-14)21(23,24)25)30-6-8-31(9-7-30)20-18-19(27-13-28-20)26-5-10-32-18/h3-4,11,13,17H,5-10,12H2,1-2H3,(H,26,27,28). The van der Waals surface area contributed by atoms with Crippen molar-refractivity contribution < 1.29 is 22.3 Å². The second kappa shape index (κ2) is 9.07. The van der Waals surface area contributed by atoms with Crippen molar-refractivity contribution in [3.63, 3.8) is 0 Å². The minimum Gasteiger partial charge on any atom is -0.485 e. The van der Waals surface area contributed by atoms with E-state index in [9.17, 15) is 17.6 Å². The van der Waals surface area contributed by atoms with Gasteiger partial charge < -0.3 is 19.9 Å². The van der Waals surface area contributed by atoms with Crippen LogP contribution in [0.1, 0.15) is 17.2 Å². The molecule has 1 fully saturated rings. The first-order valence-corrected chi connectivity index (χ1v) is 10.5. The summed E-state index contributed by atoms with van der Waals surface area (Å²) in [5.74, 6) is 0.803. The molecule has 0 radical (unpaired) electrons. The highest BCUT2D eigenvalue weighted by Crippen LogP contribution is 2.36. The molecular weight excluding hydrogens is 428 g/mol. The van der Waals surface area contributed by atoms with Crippen molar-refractivity contribution in [2.45, 2.75) is 12.2 Å². The molecule has 1 aromatic heterocycles. The lowest BCUT2D eigenvalue weighted by Gasteiger charge is -2.41. The highest BCUT2D eigenvalue weighted by atomic mass is 19.4. The summed E-state index contributed by atoms with van der Waals surface area (Å²) in [6.07, 6.45) is -3.21. The number of aromatic nitrogens is 2. The van der Waals surface area contributed by atoms with Gasteiger partial charge in [0.25, 0.3) is 0 Å². The molecule has 2 aromatic rings. The lowest BCUT2D eigenvalue weighted by Crippen LogP contribution is -2.49. The SMILES string of the molecule is CN(C)CC(c1ccc(C(F)(F)F)c(F)c1)N1CCN(c2ncnc3c2OCCN3)CC1. The maximum atomic E-state index is 14.3. The van der Waals surface area contributed by atoms with Crippen LogP contribution in [0.2, 0.25) is 0 Å². The second-order valence-electron chi connectivity index (χ2n) is 8.19. The van der Waals surface area contributed by atoms with Crippen LogP contribution in [0, 0.1) is 5.82 Å². The predicted molar refractivity (Wildman–Crippen MR) is 112 cm³/mol. The zero-order chi connectivity index (χ0) is 22.9. The fourth-order valence-corrected chi connectivity index (χ4v) is 4.16. The summed E-state index contributed by atoms with van der Waals surface area (Å²) in [7, 11) is 3.78. The van der Waals surface area contributed by atoms with Gasteiger partial charge in [-0.25, -0.2) is 14.4 Å². The molecular formula is C21H26F4N6O. The number of ether oxygens (including phenoxy) is 1. The average Bonchev–Trinajstić information content (AvgIpc) is 2.76. The minimum atomic E-state index is -4.71. The van der Waals surface area contributed by atoms with Crippen molar-refractivity contribution in [1.82, 2.24) is 19.8 Å². The second-order valence-corrected chi connectivity index (χ2v) is 8.19. The van der Waals surface area contributed by atoms with E-state index >= 15 is 0 Å². The monoisotopic (exact) mass is 454 g/mol. The zero-order valence-electron chi connectivity index (χ0n) is 18.0. The number of piperazine rings is 1. The van der Waals surface area contributed by atoms with Gasteiger partial charge in [-0.2, -0.15) is 13.2 Å². The molecule has 0 spiro atoms. The Bertz CT molecular complexity index is 946. The number of rotatable bonds is 5. The van der Waals surface area contributed by atoms with Gasteiger partial charge in [-0.05, 0) is 31.8 Å². The van der Waals surface area contributed by atoms with E-state index < -0.39 is 17.6 Å². The Morgan fingerprint density at radius 2 is 1.91 bits per heavy atom. The van der Waals surface area contributed by atoms with Crippen LogP contribution in [0.25, 0.3) is 0 Å². The van der Waals surface area contributed by atoms with E-state index in [0.29, 0.717) is 63.0 Å². The van der Waals surface area contributed by atoms with Crippen LogP contribution in [0.15, 0.2) is 24.5 Å². The molecule has 11 heteroatoms. The van der Waals surface area contributed by atoms with E-state index in [1.807, 2.05) is 19.0 Å². The Morgan fingerprint density at radius 3 is 2.56 bits per heavy atom. The van der Waals surface area contributed by atoms with Gasteiger partial charge in [-0.15, -0.1) is 0 Å². The van der Waals surface area contributed by atoms with Gasteiger partial charge in [0.15, 0.2) is 11.6 Å². The van der Waals surface area contributed by atoms with Crippen LogP contribution >= 0.6 is 0 Å². The Kier molecular flexibility index (Phi) is 6.38. The maximum Gasteiger partial charge on any atom is 0.419 e. The lowest BCUT2D eigenvalue weighted by atomic mass is 10.0. The molecule has 4 rings (SSSR count). The molecule has 0 amide bonds. The number of halogens is 4. The molecule has 2 aliphatic heterocycles. The summed E-state index contributed by atoms with van der Waals surface area (Å²) in [6.45, 7) is 4.38. The molecule has 0 aliphatic carbocycles. The third-order valence-corrected chi connectivity index (χ3v) is 5.70. The molecule has 1 N–H and O–H groups in total. The minimum absolute atomic E-state index is 0.235. The molecule has 7 nitrogen and oxygen atoms in total.